The highest BCUT2D eigenvalue weighted by Gasteiger charge is 2.42. The van der Waals surface area contributed by atoms with Gasteiger partial charge in [-0.3, -0.25) is 0 Å². The lowest BCUT2D eigenvalue weighted by Gasteiger charge is -2.20. The van der Waals surface area contributed by atoms with Crippen molar-refractivity contribution in [1.29, 1.82) is 0 Å². The van der Waals surface area contributed by atoms with Crippen LogP contribution in [0.25, 0.3) is 0 Å². The van der Waals surface area contributed by atoms with Crippen LogP contribution in [-0.4, -0.2) is 17.6 Å². The van der Waals surface area contributed by atoms with Crippen LogP contribution in [0, 0.1) is 11.8 Å². The van der Waals surface area contributed by atoms with Gasteiger partial charge in [0.15, 0.2) is 0 Å². The molecule has 6 heteroatoms. The number of nitrogens with zero attached hydrogens (tertiary/aromatic N) is 1. The molecular weight excluding hydrogens is 279 g/mol. The minimum Gasteiger partial charge on any atom is -0.370 e. The smallest absolute Gasteiger partial charge is 0.370 e. The van der Waals surface area contributed by atoms with Gasteiger partial charge >= 0.3 is 6.18 Å². The van der Waals surface area contributed by atoms with Gasteiger partial charge in [-0.25, -0.2) is 4.98 Å². The maximum Gasteiger partial charge on any atom is 0.416 e. The zero-order chi connectivity index (χ0) is 15.0. The highest BCUT2D eigenvalue weighted by molar-refractivity contribution is 5.50. The normalized spacial score (nSPS) is 18.9. The molecule has 0 spiro atoms. The molecule has 0 amide bonds. The van der Waals surface area contributed by atoms with E-state index in [9.17, 15) is 13.2 Å². The van der Waals surface area contributed by atoms with E-state index in [1.807, 2.05) is 6.92 Å². The first-order chi connectivity index (χ1) is 9.97. The maximum atomic E-state index is 13.0. The van der Waals surface area contributed by atoms with Gasteiger partial charge < -0.3 is 10.6 Å². The molecule has 1 aromatic heterocycles. The van der Waals surface area contributed by atoms with Crippen LogP contribution in [0.4, 0.5) is 24.8 Å². The third kappa shape index (κ3) is 3.60. The number of nitrogens with one attached hydrogen (secondary N) is 2. The van der Waals surface area contributed by atoms with Crippen molar-refractivity contribution in [3.8, 4) is 0 Å². The number of aromatic nitrogens is 1. The Morgan fingerprint density at radius 2 is 1.71 bits per heavy atom. The molecular formula is C15H20F3N3. The first kappa shape index (κ1) is 14.5. The van der Waals surface area contributed by atoms with E-state index >= 15 is 0 Å². The van der Waals surface area contributed by atoms with Crippen molar-refractivity contribution in [1.82, 2.24) is 4.98 Å². The fraction of sp³-hybridized carbons (Fsp3) is 0.667. The Hall–Kier alpha value is -1.46. The van der Waals surface area contributed by atoms with Crippen LogP contribution < -0.4 is 10.6 Å². The summed E-state index contributed by atoms with van der Waals surface area (Å²) < 4.78 is 39.0. The zero-order valence-electron chi connectivity index (χ0n) is 12.0. The molecule has 2 aliphatic rings. The second kappa shape index (κ2) is 5.39. The van der Waals surface area contributed by atoms with Crippen molar-refractivity contribution in [2.75, 3.05) is 17.2 Å². The van der Waals surface area contributed by atoms with E-state index in [2.05, 4.69) is 15.6 Å². The van der Waals surface area contributed by atoms with E-state index in [1.165, 1.54) is 25.7 Å². The lowest BCUT2D eigenvalue weighted by atomic mass is 10.1. The third-order valence-corrected chi connectivity index (χ3v) is 4.08. The molecule has 116 valence electrons. The molecule has 2 fully saturated rings. The number of halogens is 3. The predicted molar refractivity (Wildman–Crippen MR) is 76.3 cm³/mol. The standard InChI is InChI=1S/C15H20F3N3/c1-2-19-12-7-11(15(16,17)18)8-13(20-12)21-14(9-3-4-9)10-5-6-10/h7-10,14H,2-6H2,1H3,(H2,19,20,21). The summed E-state index contributed by atoms with van der Waals surface area (Å²) in [7, 11) is 0. The molecule has 2 N–H and O–H groups in total. The summed E-state index contributed by atoms with van der Waals surface area (Å²) >= 11 is 0. The minimum atomic E-state index is -4.35. The molecule has 0 aromatic carbocycles. The van der Waals surface area contributed by atoms with E-state index in [1.54, 1.807) is 0 Å². The average molecular weight is 299 g/mol. The van der Waals surface area contributed by atoms with Gasteiger partial charge in [-0.15, -0.1) is 0 Å². The van der Waals surface area contributed by atoms with Crippen molar-refractivity contribution in [3.63, 3.8) is 0 Å². The fourth-order valence-corrected chi connectivity index (χ4v) is 2.74. The van der Waals surface area contributed by atoms with E-state index in [0.29, 0.717) is 24.2 Å². The molecule has 2 saturated carbocycles. The Balaban J connectivity index is 1.83. The number of alkyl halides is 3. The molecule has 1 aromatic rings. The van der Waals surface area contributed by atoms with Crippen LogP contribution in [-0.2, 0) is 6.18 Å². The number of hydrogen-bond acceptors (Lipinski definition) is 3. The molecule has 0 aliphatic heterocycles. The third-order valence-electron chi connectivity index (χ3n) is 4.08. The van der Waals surface area contributed by atoms with E-state index < -0.39 is 11.7 Å². The van der Waals surface area contributed by atoms with E-state index in [4.69, 9.17) is 0 Å². The Morgan fingerprint density at radius 1 is 1.14 bits per heavy atom. The van der Waals surface area contributed by atoms with Crippen LogP contribution in [0.15, 0.2) is 12.1 Å². The summed E-state index contributed by atoms with van der Waals surface area (Å²) in [6.45, 7) is 2.38. The quantitative estimate of drug-likeness (QED) is 0.829. The van der Waals surface area contributed by atoms with Crippen molar-refractivity contribution in [2.24, 2.45) is 11.8 Å². The molecule has 3 nitrogen and oxygen atoms in total. The molecule has 1 heterocycles. The molecule has 0 atom stereocenters. The Bertz CT molecular complexity index is 495. The zero-order valence-corrected chi connectivity index (χ0v) is 12.0. The summed E-state index contributed by atoms with van der Waals surface area (Å²) in [4.78, 5) is 4.27. The second-order valence-electron chi connectivity index (χ2n) is 6.00. The average Bonchev–Trinajstić information content (AvgIpc) is 3.26. The summed E-state index contributed by atoms with van der Waals surface area (Å²) in [5, 5.41) is 6.14. The Kier molecular flexibility index (Phi) is 3.71. The van der Waals surface area contributed by atoms with Gasteiger partial charge in [0, 0.05) is 12.6 Å². The van der Waals surface area contributed by atoms with Gasteiger partial charge in [-0.2, -0.15) is 13.2 Å². The van der Waals surface area contributed by atoms with Gasteiger partial charge in [0.05, 0.1) is 5.56 Å². The molecule has 0 unspecified atom stereocenters. The predicted octanol–water partition coefficient (Wildman–Crippen LogP) is 4.13. The van der Waals surface area contributed by atoms with Crippen molar-refractivity contribution in [3.05, 3.63) is 17.7 Å². The highest BCUT2D eigenvalue weighted by atomic mass is 19.4. The van der Waals surface area contributed by atoms with Crippen LogP contribution in [0.5, 0.6) is 0 Å². The first-order valence-electron chi connectivity index (χ1n) is 7.57. The second-order valence-corrected chi connectivity index (χ2v) is 6.00. The lowest BCUT2D eigenvalue weighted by Crippen LogP contribution is -2.25. The first-order valence-corrected chi connectivity index (χ1v) is 7.57. The molecule has 0 radical (unpaired) electrons. The van der Waals surface area contributed by atoms with Gasteiger partial charge in [0.2, 0.25) is 0 Å². The van der Waals surface area contributed by atoms with Crippen molar-refractivity contribution in [2.45, 2.75) is 44.8 Å². The number of hydrogen-bond donors (Lipinski definition) is 2. The van der Waals surface area contributed by atoms with Crippen LogP contribution >= 0.6 is 0 Å². The molecule has 3 rings (SSSR count). The summed E-state index contributed by atoms with van der Waals surface area (Å²) in [6.07, 6.45) is 0.346. The topological polar surface area (TPSA) is 37.0 Å². The maximum absolute atomic E-state index is 13.0. The summed E-state index contributed by atoms with van der Waals surface area (Å²) in [6, 6.07) is 2.48. The van der Waals surface area contributed by atoms with Crippen LogP contribution in [0.2, 0.25) is 0 Å². The molecule has 21 heavy (non-hydrogen) atoms. The Morgan fingerprint density at radius 3 is 2.19 bits per heavy atom. The Labute approximate surface area is 122 Å². The van der Waals surface area contributed by atoms with E-state index in [0.717, 1.165) is 12.1 Å². The summed E-state index contributed by atoms with van der Waals surface area (Å²) in [5.41, 5.74) is -0.652. The van der Waals surface area contributed by atoms with Gasteiger partial charge in [0.25, 0.3) is 0 Å². The minimum absolute atomic E-state index is 0.278. The summed E-state index contributed by atoms with van der Waals surface area (Å²) in [5.74, 6) is 1.83. The van der Waals surface area contributed by atoms with Gasteiger partial charge in [0.1, 0.15) is 11.6 Å². The monoisotopic (exact) mass is 299 g/mol. The van der Waals surface area contributed by atoms with Crippen molar-refractivity contribution < 1.29 is 13.2 Å². The molecule has 0 saturated heterocycles. The van der Waals surface area contributed by atoms with Gasteiger partial charge in [-0.05, 0) is 56.6 Å². The molecule has 2 aliphatic carbocycles. The SMILES string of the molecule is CCNc1cc(C(F)(F)F)cc(NC(C2CC2)C2CC2)n1. The van der Waals surface area contributed by atoms with Crippen LogP contribution in [0.3, 0.4) is 0 Å². The van der Waals surface area contributed by atoms with Gasteiger partial charge in [-0.1, -0.05) is 0 Å². The van der Waals surface area contributed by atoms with Crippen LogP contribution in [0.1, 0.15) is 38.2 Å². The molecule has 0 bridgehead atoms. The number of pyridine rings is 1. The number of rotatable bonds is 6. The lowest BCUT2D eigenvalue weighted by molar-refractivity contribution is -0.137. The highest BCUT2D eigenvalue weighted by Crippen LogP contribution is 2.46. The largest absolute Gasteiger partial charge is 0.416 e. The van der Waals surface area contributed by atoms with E-state index in [-0.39, 0.29) is 11.9 Å². The fourth-order valence-electron chi connectivity index (χ4n) is 2.74. The van der Waals surface area contributed by atoms with Crippen molar-refractivity contribution >= 4 is 11.6 Å². The number of anilines is 2.